The number of hydrogen-bond acceptors (Lipinski definition) is 5. The van der Waals surface area contributed by atoms with Crippen molar-refractivity contribution in [2.75, 3.05) is 13.7 Å². The van der Waals surface area contributed by atoms with Crippen LogP contribution in [-0.2, 0) is 4.79 Å². The van der Waals surface area contributed by atoms with Gasteiger partial charge < -0.3 is 9.47 Å². The van der Waals surface area contributed by atoms with Crippen LogP contribution >= 0.6 is 0 Å². The van der Waals surface area contributed by atoms with Gasteiger partial charge in [0.1, 0.15) is 0 Å². The van der Waals surface area contributed by atoms with Gasteiger partial charge >= 0.3 is 5.97 Å². The van der Waals surface area contributed by atoms with Crippen LogP contribution in [0.25, 0.3) is 12.2 Å². The second-order valence-corrected chi connectivity index (χ2v) is 7.19. The van der Waals surface area contributed by atoms with Gasteiger partial charge in [-0.15, -0.1) is 0 Å². The van der Waals surface area contributed by atoms with Gasteiger partial charge in [-0.1, -0.05) is 60.7 Å². The first kappa shape index (κ1) is 21.1. The van der Waals surface area contributed by atoms with E-state index in [0.29, 0.717) is 16.9 Å². The van der Waals surface area contributed by atoms with Crippen LogP contribution in [0.2, 0.25) is 0 Å². The van der Waals surface area contributed by atoms with Crippen molar-refractivity contribution in [3.05, 3.63) is 95.1 Å². The van der Waals surface area contributed by atoms with Gasteiger partial charge in [-0.05, 0) is 35.4 Å². The van der Waals surface area contributed by atoms with E-state index in [1.807, 2.05) is 48.6 Å². The first-order valence-corrected chi connectivity index (χ1v) is 10.1. The zero-order valence-electron chi connectivity index (χ0n) is 17.5. The average molecular weight is 427 g/mol. The maximum atomic E-state index is 12.4. The Hall–Kier alpha value is -4.19. The first-order chi connectivity index (χ1) is 15.6. The van der Waals surface area contributed by atoms with E-state index in [1.165, 1.54) is 7.11 Å². The molecule has 3 aromatic rings. The van der Waals surface area contributed by atoms with Gasteiger partial charge in [0.2, 0.25) is 0 Å². The van der Waals surface area contributed by atoms with E-state index >= 15 is 0 Å². The fourth-order valence-electron chi connectivity index (χ4n) is 3.45. The van der Waals surface area contributed by atoms with E-state index in [9.17, 15) is 14.4 Å². The Balaban J connectivity index is 1.38. The Labute approximate surface area is 185 Å². The van der Waals surface area contributed by atoms with E-state index in [2.05, 4.69) is 0 Å². The molecule has 6 heteroatoms. The summed E-state index contributed by atoms with van der Waals surface area (Å²) in [6.07, 6.45) is 3.79. The van der Waals surface area contributed by atoms with Crippen LogP contribution in [-0.4, -0.2) is 36.3 Å². The van der Waals surface area contributed by atoms with Crippen LogP contribution in [0.3, 0.4) is 0 Å². The minimum absolute atomic E-state index is 0.0502. The lowest BCUT2D eigenvalue weighted by molar-refractivity contribution is -0.134. The van der Waals surface area contributed by atoms with Gasteiger partial charge in [-0.25, -0.2) is 0 Å². The molecule has 1 aliphatic rings. The summed E-state index contributed by atoms with van der Waals surface area (Å²) in [6, 6.07) is 21.7. The van der Waals surface area contributed by atoms with Crippen LogP contribution in [0.15, 0.2) is 72.8 Å². The lowest BCUT2D eigenvalue weighted by Gasteiger charge is -2.14. The van der Waals surface area contributed by atoms with Gasteiger partial charge in [0.05, 0.1) is 24.7 Å². The summed E-state index contributed by atoms with van der Waals surface area (Å²) in [4.78, 5) is 38.3. The number of nitrogens with zero attached hydrogens (tertiary/aromatic N) is 1. The van der Waals surface area contributed by atoms with Crippen LogP contribution < -0.4 is 9.47 Å². The number of esters is 1. The Kier molecular flexibility index (Phi) is 6.12. The number of hydrogen-bond donors (Lipinski definition) is 0. The highest BCUT2D eigenvalue weighted by atomic mass is 16.6. The normalized spacial score (nSPS) is 12.8. The first-order valence-electron chi connectivity index (χ1n) is 10.1. The predicted molar refractivity (Wildman–Crippen MR) is 120 cm³/mol. The van der Waals surface area contributed by atoms with Crippen molar-refractivity contribution < 1.29 is 23.9 Å². The number of fused-ring (bicyclic) bond motifs is 1. The molecule has 160 valence electrons. The van der Waals surface area contributed by atoms with E-state index in [4.69, 9.17) is 9.47 Å². The largest absolute Gasteiger partial charge is 0.493 e. The molecule has 3 aromatic carbocycles. The molecule has 1 heterocycles. The molecular weight excluding hydrogens is 406 g/mol. The molecule has 0 saturated heterocycles. The Bertz CT molecular complexity index is 1160. The number of benzene rings is 3. The zero-order valence-corrected chi connectivity index (χ0v) is 17.5. The number of imide groups is 1. The molecule has 6 nitrogen and oxygen atoms in total. The molecule has 0 spiro atoms. The lowest BCUT2D eigenvalue weighted by atomic mass is 10.1. The Morgan fingerprint density at radius 1 is 0.812 bits per heavy atom. The van der Waals surface area contributed by atoms with Gasteiger partial charge in [0.15, 0.2) is 11.5 Å². The molecule has 2 amide bonds. The highest BCUT2D eigenvalue weighted by Crippen LogP contribution is 2.29. The molecule has 0 aliphatic carbocycles. The van der Waals surface area contributed by atoms with E-state index < -0.39 is 17.8 Å². The quantitative estimate of drug-likeness (QED) is 0.241. The Morgan fingerprint density at radius 2 is 1.44 bits per heavy atom. The van der Waals surface area contributed by atoms with Crippen molar-refractivity contribution >= 4 is 29.9 Å². The summed E-state index contributed by atoms with van der Waals surface area (Å²) in [6.45, 7) is -0.0502. The molecule has 0 radical (unpaired) electrons. The third-order valence-electron chi connectivity index (χ3n) is 5.10. The monoisotopic (exact) mass is 427 g/mol. The van der Waals surface area contributed by atoms with Gasteiger partial charge in [-0.2, -0.15) is 0 Å². The number of carbonyl (C=O) groups excluding carboxylic acids is 3. The summed E-state index contributed by atoms with van der Waals surface area (Å²) in [5.41, 5.74) is 2.66. The van der Waals surface area contributed by atoms with Crippen LogP contribution in [0.4, 0.5) is 0 Å². The van der Waals surface area contributed by atoms with Gasteiger partial charge in [0.25, 0.3) is 11.8 Å². The molecule has 0 saturated carbocycles. The second kappa shape index (κ2) is 9.31. The minimum atomic E-state index is -0.563. The molecule has 0 aromatic heterocycles. The lowest BCUT2D eigenvalue weighted by Crippen LogP contribution is -2.32. The van der Waals surface area contributed by atoms with E-state index in [-0.39, 0.29) is 18.7 Å². The number of methoxy groups -OCH3 is 1. The van der Waals surface area contributed by atoms with E-state index in [1.54, 1.807) is 36.4 Å². The maximum Gasteiger partial charge on any atom is 0.313 e. The number of carbonyl (C=O) groups is 3. The third-order valence-corrected chi connectivity index (χ3v) is 5.10. The molecule has 4 rings (SSSR count). The molecule has 0 unspecified atom stereocenters. The van der Waals surface area contributed by atoms with Crippen LogP contribution in [0.1, 0.15) is 38.3 Å². The van der Waals surface area contributed by atoms with Crippen molar-refractivity contribution in [2.24, 2.45) is 0 Å². The number of amides is 2. The third kappa shape index (κ3) is 4.44. The second-order valence-electron chi connectivity index (χ2n) is 7.19. The molecule has 0 fully saturated rings. The fraction of sp³-hybridized carbons (Fsp3) is 0.115. The molecule has 0 bridgehead atoms. The van der Waals surface area contributed by atoms with Crippen molar-refractivity contribution in [3.63, 3.8) is 0 Å². The zero-order chi connectivity index (χ0) is 22.5. The summed E-state index contributed by atoms with van der Waals surface area (Å²) < 4.78 is 10.8. The average Bonchev–Trinajstić information content (AvgIpc) is 3.07. The SMILES string of the molecule is COc1cc(C=Cc2ccccc2)ccc1OC(=O)CCN1C(=O)c2ccccc2C1=O. The summed E-state index contributed by atoms with van der Waals surface area (Å²) >= 11 is 0. The molecule has 0 N–H and O–H groups in total. The van der Waals surface area contributed by atoms with Gasteiger partial charge in [0, 0.05) is 6.54 Å². The molecular formula is C26H21NO5. The van der Waals surface area contributed by atoms with E-state index in [0.717, 1.165) is 16.0 Å². The predicted octanol–water partition coefficient (Wildman–Crippen LogP) is 4.46. The van der Waals surface area contributed by atoms with Crippen molar-refractivity contribution in [3.8, 4) is 11.5 Å². The van der Waals surface area contributed by atoms with Crippen LogP contribution in [0.5, 0.6) is 11.5 Å². The topological polar surface area (TPSA) is 72.9 Å². The maximum absolute atomic E-state index is 12.4. The van der Waals surface area contributed by atoms with Crippen molar-refractivity contribution in [2.45, 2.75) is 6.42 Å². The number of ether oxygens (including phenoxy) is 2. The van der Waals surface area contributed by atoms with Crippen LogP contribution in [0, 0.1) is 0 Å². The molecule has 0 atom stereocenters. The van der Waals surface area contributed by atoms with Crippen molar-refractivity contribution in [1.29, 1.82) is 0 Å². The molecule has 32 heavy (non-hydrogen) atoms. The standard InChI is InChI=1S/C26H21NO5/c1-31-23-17-19(12-11-18-7-3-2-4-8-18)13-14-22(23)32-24(28)15-16-27-25(29)20-9-5-6-10-21(20)26(27)30/h2-14,17H,15-16H2,1H3. The summed E-state index contributed by atoms with van der Waals surface area (Å²) in [5, 5.41) is 0. The molecule has 1 aliphatic heterocycles. The highest BCUT2D eigenvalue weighted by Gasteiger charge is 2.35. The van der Waals surface area contributed by atoms with Gasteiger partial charge in [-0.3, -0.25) is 19.3 Å². The Morgan fingerprint density at radius 3 is 2.09 bits per heavy atom. The van der Waals surface area contributed by atoms with Crippen molar-refractivity contribution in [1.82, 2.24) is 4.90 Å². The minimum Gasteiger partial charge on any atom is -0.493 e. The highest BCUT2D eigenvalue weighted by molar-refractivity contribution is 6.21. The smallest absolute Gasteiger partial charge is 0.313 e. The summed E-state index contributed by atoms with van der Waals surface area (Å²) in [5.74, 6) is -0.672. The summed E-state index contributed by atoms with van der Waals surface area (Å²) in [7, 11) is 1.50. The fourth-order valence-corrected chi connectivity index (χ4v) is 3.45. The number of rotatable bonds is 7.